The second-order valence-corrected chi connectivity index (χ2v) is 11.0. The molecular weight excluding hydrogens is 472 g/mol. The molecule has 7 nitrogen and oxygen atoms in total. The van der Waals surface area contributed by atoms with Gasteiger partial charge in [0.05, 0.1) is 11.2 Å². The maximum Gasteiger partial charge on any atom is 0.181 e. The fraction of sp³-hybridized carbons (Fsp3) is 0.387. The molecule has 0 spiro atoms. The number of hydrogen-bond acceptors (Lipinski definition) is 5. The standard InChI is InChI=1S/C31H36N6O/c1-19(2)30-32-31(36-35-30)25-11-13-28-27(18-25)29(34-33-28)24-9-8-23-17-26(12-10-22(23)16-24)38-15-14-37-20(3)6-5-7-21(37)4/h8-13,16-21H,5-7,14-15H2,1-4H3,(H,33,34)(H,32,35,36). The Kier molecular flexibility index (Phi) is 6.62. The molecule has 0 saturated carbocycles. The lowest BCUT2D eigenvalue weighted by molar-refractivity contribution is 0.0852. The fourth-order valence-corrected chi connectivity index (χ4v) is 5.68. The normalized spacial score (nSPS) is 18.6. The Bertz CT molecular complexity index is 1560. The third kappa shape index (κ3) is 4.78. The summed E-state index contributed by atoms with van der Waals surface area (Å²) < 4.78 is 6.17. The molecule has 196 valence electrons. The molecule has 5 aromatic rings. The molecule has 2 unspecified atom stereocenters. The summed E-state index contributed by atoms with van der Waals surface area (Å²) in [6.45, 7) is 10.6. The maximum atomic E-state index is 6.17. The predicted molar refractivity (Wildman–Crippen MR) is 153 cm³/mol. The molecule has 0 aliphatic carbocycles. The molecule has 1 aliphatic heterocycles. The third-order valence-corrected chi connectivity index (χ3v) is 7.95. The number of aromatic amines is 2. The van der Waals surface area contributed by atoms with E-state index >= 15 is 0 Å². The van der Waals surface area contributed by atoms with E-state index in [0.29, 0.717) is 30.4 Å². The molecule has 2 atom stereocenters. The van der Waals surface area contributed by atoms with Crippen molar-refractivity contribution in [1.29, 1.82) is 0 Å². The Labute approximate surface area is 223 Å². The van der Waals surface area contributed by atoms with Gasteiger partial charge in [0.25, 0.3) is 0 Å². The summed E-state index contributed by atoms with van der Waals surface area (Å²) in [6, 6.07) is 20.3. The molecule has 1 saturated heterocycles. The van der Waals surface area contributed by atoms with E-state index in [1.165, 1.54) is 19.3 Å². The number of aromatic nitrogens is 5. The van der Waals surface area contributed by atoms with E-state index in [1.807, 2.05) is 12.1 Å². The van der Waals surface area contributed by atoms with Crippen molar-refractivity contribution in [1.82, 2.24) is 30.3 Å². The van der Waals surface area contributed by atoms with E-state index in [1.54, 1.807) is 0 Å². The van der Waals surface area contributed by atoms with Crippen LogP contribution in [0.25, 0.3) is 44.3 Å². The van der Waals surface area contributed by atoms with Gasteiger partial charge in [-0.2, -0.15) is 10.2 Å². The highest BCUT2D eigenvalue weighted by Gasteiger charge is 2.24. The average molecular weight is 509 g/mol. The molecule has 7 heteroatoms. The van der Waals surface area contributed by atoms with E-state index < -0.39 is 0 Å². The second kappa shape index (κ2) is 10.2. The van der Waals surface area contributed by atoms with Crippen molar-refractivity contribution in [3.8, 4) is 28.4 Å². The average Bonchev–Trinajstić information content (AvgIpc) is 3.58. The van der Waals surface area contributed by atoms with E-state index in [2.05, 4.69) is 100 Å². The Balaban J connectivity index is 1.21. The lowest BCUT2D eigenvalue weighted by atomic mass is 9.98. The van der Waals surface area contributed by atoms with Crippen molar-refractivity contribution in [2.24, 2.45) is 0 Å². The number of rotatable bonds is 7. The van der Waals surface area contributed by atoms with Crippen LogP contribution in [0.1, 0.15) is 58.7 Å². The number of benzene rings is 3. The number of fused-ring (bicyclic) bond motifs is 2. The van der Waals surface area contributed by atoms with Crippen molar-refractivity contribution in [3.05, 3.63) is 60.4 Å². The molecule has 2 aromatic heterocycles. The summed E-state index contributed by atoms with van der Waals surface area (Å²) >= 11 is 0. The van der Waals surface area contributed by atoms with Gasteiger partial charge in [-0.15, -0.1) is 0 Å². The van der Waals surface area contributed by atoms with Gasteiger partial charge < -0.3 is 4.74 Å². The summed E-state index contributed by atoms with van der Waals surface area (Å²) in [7, 11) is 0. The van der Waals surface area contributed by atoms with E-state index in [9.17, 15) is 0 Å². The Morgan fingerprint density at radius 3 is 2.45 bits per heavy atom. The van der Waals surface area contributed by atoms with Gasteiger partial charge in [0.1, 0.15) is 18.2 Å². The highest BCUT2D eigenvalue weighted by Crippen LogP contribution is 2.32. The van der Waals surface area contributed by atoms with Crippen LogP contribution in [0.4, 0.5) is 0 Å². The largest absolute Gasteiger partial charge is 0.492 e. The van der Waals surface area contributed by atoms with Crippen LogP contribution in [0.15, 0.2) is 54.6 Å². The predicted octanol–water partition coefficient (Wildman–Crippen LogP) is 6.93. The number of likely N-dealkylation sites (tertiary alicyclic amines) is 1. The molecule has 3 aromatic carbocycles. The molecular formula is C31H36N6O. The first kappa shape index (κ1) is 24.6. The van der Waals surface area contributed by atoms with Crippen LogP contribution in [-0.4, -0.2) is 55.5 Å². The molecule has 3 heterocycles. The van der Waals surface area contributed by atoms with Gasteiger partial charge in [-0.3, -0.25) is 15.1 Å². The van der Waals surface area contributed by atoms with Gasteiger partial charge in [-0.25, -0.2) is 4.98 Å². The summed E-state index contributed by atoms with van der Waals surface area (Å²) in [4.78, 5) is 7.25. The number of H-pyrrole nitrogens is 2. The van der Waals surface area contributed by atoms with Crippen LogP contribution >= 0.6 is 0 Å². The number of piperidine rings is 1. The van der Waals surface area contributed by atoms with Crippen LogP contribution in [0, 0.1) is 0 Å². The molecule has 0 radical (unpaired) electrons. The zero-order valence-electron chi connectivity index (χ0n) is 22.7. The quantitative estimate of drug-likeness (QED) is 0.249. The van der Waals surface area contributed by atoms with Gasteiger partial charge in [0.2, 0.25) is 0 Å². The minimum Gasteiger partial charge on any atom is -0.492 e. The first-order valence-electron chi connectivity index (χ1n) is 13.8. The first-order chi connectivity index (χ1) is 18.5. The van der Waals surface area contributed by atoms with Crippen LogP contribution in [0.5, 0.6) is 5.75 Å². The lowest BCUT2D eigenvalue weighted by Crippen LogP contribution is -2.45. The molecule has 1 aliphatic rings. The minimum atomic E-state index is 0.301. The van der Waals surface area contributed by atoms with E-state index in [0.717, 1.165) is 56.6 Å². The minimum absolute atomic E-state index is 0.301. The number of ether oxygens (including phenoxy) is 1. The number of nitrogens with one attached hydrogen (secondary N) is 2. The van der Waals surface area contributed by atoms with Crippen LogP contribution in [0.2, 0.25) is 0 Å². The molecule has 6 rings (SSSR count). The topological polar surface area (TPSA) is 82.7 Å². The number of nitrogens with zero attached hydrogens (tertiary/aromatic N) is 4. The van der Waals surface area contributed by atoms with Crippen molar-refractivity contribution in [3.63, 3.8) is 0 Å². The van der Waals surface area contributed by atoms with Gasteiger partial charge in [-0.05, 0) is 73.9 Å². The fourth-order valence-electron chi connectivity index (χ4n) is 5.68. The zero-order valence-corrected chi connectivity index (χ0v) is 22.7. The molecule has 0 bridgehead atoms. The Morgan fingerprint density at radius 2 is 1.66 bits per heavy atom. The van der Waals surface area contributed by atoms with Gasteiger partial charge in [0.15, 0.2) is 5.82 Å². The second-order valence-electron chi connectivity index (χ2n) is 11.0. The van der Waals surface area contributed by atoms with Crippen LogP contribution < -0.4 is 4.74 Å². The summed E-state index contributed by atoms with van der Waals surface area (Å²) in [5.41, 5.74) is 3.96. The Morgan fingerprint density at radius 1 is 0.895 bits per heavy atom. The summed E-state index contributed by atoms with van der Waals surface area (Å²) in [6.07, 6.45) is 3.91. The molecule has 38 heavy (non-hydrogen) atoms. The van der Waals surface area contributed by atoms with Gasteiger partial charge >= 0.3 is 0 Å². The maximum absolute atomic E-state index is 6.17. The lowest BCUT2D eigenvalue weighted by Gasteiger charge is -2.38. The monoisotopic (exact) mass is 508 g/mol. The highest BCUT2D eigenvalue weighted by molar-refractivity contribution is 5.97. The van der Waals surface area contributed by atoms with Gasteiger partial charge in [-0.1, -0.05) is 38.5 Å². The number of hydrogen-bond donors (Lipinski definition) is 2. The molecule has 0 amide bonds. The SMILES string of the molecule is CC(C)c1nc(-c2ccc3[nH]nc(-c4ccc5cc(OCCN6C(C)CCCC6C)ccc5c4)c3c2)n[nH]1. The van der Waals surface area contributed by atoms with Crippen LogP contribution in [0.3, 0.4) is 0 Å². The summed E-state index contributed by atoms with van der Waals surface area (Å²) in [5.74, 6) is 2.82. The van der Waals surface area contributed by atoms with Crippen molar-refractivity contribution in [2.75, 3.05) is 13.2 Å². The molecule has 2 N–H and O–H groups in total. The van der Waals surface area contributed by atoms with E-state index in [-0.39, 0.29) is 0 Å². The first-order valence-corrected chi connectivity index (χ1v) is 13.8. The summed E-state index contributed by atoms with van der Waals surface area (Å²) in [5, 5.41) is 18.7. The van der Waals surface area contributed by atoms with E-state index in [4.69, 9.17) is 4.74 Å². The van der Waals surface area contributed by atoms with Crippen molar-refractivity contribution >= 4 is 21.7 Å². The van der Waals surface area contributed by atoms with Crippen molar-refractivity contribution < 1.29 is 4.74 Å². The van der Waals surface area contributed by atoms with Gasteiger partial charge in [0, 0.05) is 41.1 Å². The van der Waals surface area contributed by atoms with Crippen molar-refractivity contribution in [2.45, 2.75) is 65.0 Å². The molecule has 1 fully saturated rings. The highest BCUT2D eigenvalue weighted by atomic mass is 16.5. The smallest absolute Gasteiger partial charge is 0.181 e. The third-order valence-electron chi connectivity index (χ3n) is 7.95. The Hall–Kier alpha value is -3.71. The van der Waals surface area contributed by atoms with Crippen LogP contribution in [-0.2, 0) is 0 Å². The zero-order chi connectivity index (χ0) is 26.2.